The fraction of sp³-hybridized carbons (Fsp3) is 0.385. The molecule has 0 atom stereocenters. The van der Waals surface area contributed by atoms with Crippen LogP contribution in [0.25, 0.3) is 0 Å². The van der Waals surface area contributed by atoms with Gasteiger partial charge in [-0.1, -0.05) is 23.2 Å². The highest BCUT2D eigenvalue weighted by Crippen LogP contribution is 2.35. The van der Waals surface area contributed by atoms with Crippen LogP contribution in [-0.2, 0) is 4.79 Å². The number of halogens is 2. The topological polar surface area (TPSA) is 43.4 Å². The van der Waals surface area contributed by atoms with Crippen molar-refractivity contribution in [3.05, 3.63) is 27.7 Å². The number of ketones is 2. The van der Waals surface area contributed by atoms with Crippen LogP contribution >= 0.6 is 23.2 Å². The summed E-state index contributed by atoms with van der Waals surface area (Å²) in [4.78, 5) is 23.5. The molecule has 1 aliphatic carbocycles. The Morgan fingerprint density at radius 3 is 2.28 bits per heavy atom. The minimum absolute atomic E-state index is 0.00284. The van der Waals surface area contributed by atoms with E-state index in [0.29, 0.717) is 11.3 Å². The number of ether oxygens (including phenoxy) is 1. The van der Waals surface area contributed by atoms with Crippen LogP contribution in [0.5, 0.6) is 5.75 Å². The summed E-state index contributed by atoms with van der Waals surface area (Å²) < 4.78 is 5.00. The van der Waals surface area contributed by atoms with E-state index in [4.69, 9.17) is 27.9 Å². The van der Waals surface area contributed by atoms with Crippen LogP contribution in [0.4, 0.5) is 0 Å². The summed E-state index contributed by atoms with van der Waals surface area (Å²) in [5, 5.41) is 0.541. The lowest BCUT2D eigenvalue weighted by Crippen LogP contribution is -2.09. The first kappa shape index (κ1) is 13.4. The van der Waals surface area contributed by atoms with Crippen LogP contribution in [0.15, 0.2) is 12.1 Å². The van der Waals surface area contributed by atoms with Gasteiger partial charge in [-0.25, -0.2) is 0 Å². The van der Waals surface area contributed by atoms with E-state index in [0.717, 1.165) is 12.8 Å². The van der Waals surface area contributed by atoms with Crippen LogP contribution in [-0.4, -0.2) is 18.7 Å². The number of carbonyl (C=O) groups is 2. The van der Waals surface area contributed by atoms with Crippen LogP contribution in [0.3, 0.4) is 0 Å². The van der Waals surface area contributed by atoms with Crippen molar-refractivity contribution in [1.29, 1.82) is 0 Å². The number of hydrogen-bond acceptors (Lipinski definition) is 3. The van der Waals surface area contributed by atoms with Gasteiger partial charge in [-0.3, -0.25) is 9.59 Å². The number of Topliss-reactive ketones (excluding diaryl/α,β-unsaturated/α-hetero) is 2. The molecule has 2 rings (SSSR count). The molecule has 1 aromatic rings. The number of benzene rings is 1. The van der Waals surface area contributed by atoms with Gasteiger partial charge in [0.05, 0.1) is 23.6 Å². The molecule has 1 aromatic carbocycles. The highest BCUT2D eigenvalue weighted by atomic mass is 35.5. The minimum Gasteiger partial charge on any atom is -0.494 e. The zero-order valence-electron chi connectivity index (χ0n) is 9.83. The van der Waals surface area contributed by atoms with Crippen molar-refractivity contribution in [3.63, 3.8) is 0 Å². The van der Waals surface area contributed by atoms with Gasteiger partial charge in [0.2, 0.25) is 0 Å². The zero-order chi connectivity index (χ0) is 13.3. The van der Waals surface area contributed by atoms with Crippen molar-refractivity contribution in [2.45, 2.75) is 19.3 Å². The van der Waals surface area contributed by atoms with E-state index in [1.165, 1.54) is 19.2 Å². The maximum absolute atomic E-state index is 11.9. The van der Waals surface area contributed by atoms with Crippen molar-refractivity contribution in [3.8, 4) is 5.75 Å². The quantitative estimate of drug-likeness (QED) is 0.614. The van der Waals surface area contributed by atoms with Gasteiger partial charge in [-0.05, 0) is 25.0 Å². The summed E-state index contributed by atoms with van der Waals surface area (Å²) in [5.74, 6) is 0.169. The maximum atomic E-state index is 11.9. The zero-order valence-corrected chi connectivity index (χ0v) is 11.3. The Morgan fingerprint density at radius 2 is 1.83 bits per heavy atom. The molecular weight excluding hydrogens is 275 g/mol. The number of methoxy groups -OCH3 is 1. The predicted molar refractivity (Wildman–Crippen MR) is 69.7 cm³/mol. The molecule has 0 heterocycles. The molecule has 0 aromatic heterocycles. The minimum atomic E-state index is -0.252. The summed E-state index contributed by atoms with van der Waals surface area (Å²) >= 11 is 11.9. The Balaban J connectivity index is 2.17. The number of carbonyl (C=O) groups excluding carboxylic acids is 2. The van der Waals surface area contributed by atoms with Gasteiger partial charge in [0.15, 0.2) is 11.5 Å². The van der Waals surface area contributed by atoms with E-state index < -0.39 is 0 Å². The summed E-state index contributed by atoms with van der Waals surface area (Å²) in [6, 6.07) is 2.96. The number of rotatable bonds is 5. The molecule has 1 aliphatic rings. The smallest absolute Gasteiger partial charge is 0.170 e. The monoisotopic (exact) mass is 286 g/mol. The molecule has 0 aliphatic heterocycles. The molecule has 5 heteroatoms. The van der Waals surface area contributed by atoms with E-state index in [1.807, 2.05) is 0 Å². The maximum Gasteiger partial charge on any atom is 0.170 e. The van der Waals surface area contributed by atoms with E-state index >= 15 is 0 Å². The lowest BCUT2D eigenvalue weighted by atomic mass is 10.0. The molecule has 0 saturated heterocycles. The van der Waals surface area contributed by atoms with Gasteiger partial charge in [0.25, 0.3) is 0 Å². The summed E-state index contributed by atoms with van der Waals surface area (Å²) in [6.45, 7) is 0. The molecule has 96 valence electrons. The summed E-state index contributed by atoms with van der Waals surface area (Å²) in [6.07, 6.45) is 1.72. The van der Waals surface area contributed by atoms with Crippen LogP contribution in [0, 0.1) is 5.92 Å². The Hall–Kier alpha value is -1.06. The Bertz CT molecular complexity index is 484. The first-order valence-electron chi connectivity index (χ1n) is 5.62. The standard InChI is InChI=1S/C13H12Cl2O3/c1-18-13-9(14)4-8(5-10(13)15)12(17)6-11(16)7-2-3-7/h4-5,7H,2-3,6H2,1H3. The highest BCUT2D eigenvalue weighted by molar-refractivity contribution is 6.37. The van der Waals surface area contributed by atoms with Gasteiger partial charge in [-0.15, -0.1) is 0 Å². The first-order valence-corrected chi connectivity index (χ1v) is 6.37. The molecule has 3 nitrogen and oxygen atoms in total. The molecule has 1 fully saturated rings. The normalized spacial score (nSPS) is 14.4. The van der Waals surface area contributed by atoms with Gasteiger partial charge >= 0.3 is 0 Å². The molecule has 1 saturated carbocycles. The molecule has 0 N–H and O–H groups in total. The van der Waals surface area contributed by atoms with Crippen LogP contribution in [0.2, 0.25) is 10.0 Å². The summed E-state index contributed by atoms with van der Waals surface area (Å²) in [7, 11) is 1.45. The predicted octanol–water partition coefficient (Wildman–Crippen LogP) is 3.55. The fourth-order valence-electron chi connectivity index (χ4n) is 1.73. The van der Waals surface area contributed by atoms with E-state index in [1.54, 1.807) is 0 Å². The van der Waals surface area contributed by atoms with Gasteiger partial charge in [0.1, 0.15) is 5.78 Å². The molecule has 0 spiro atoms. The second-order valence-corrected chi connectivity index (χ2v) is 5.13. The van der Waals surface area contributed by atoms with Crippen LogP contribution < -0.4 is 4.74 Å². The molecule has 0 bridgehead atoms. The van der Waals surface area contributed by atoms with E-state index in [-0.39, 0.29) is 34.0 Å². The third kappa shape index (κ3) is 2.85. The van der Waals surface area contributed by atoms with E-state index in [2.05, 4.69) is 0 Å². The lowest BCUT2D eigenvalue weighted by Gasteiger charge is -2.08. The average Bonchev–Trinajstić information content (AvgIpc) is 3.12. The van der Waals surface area contributed by atoms with Crippen LogP contribution in [0.1, 0.15) is 29.6 Å². The Morgan fingerprint density at radius 1 is 1.28 bits per heavy atom. The van der Waals surface area contributed by atoms with Crippen molar-refractivity contribution < 1.29 is 14.3 Å². The largest absolute Gasteiger partial charge is 0.494 e. The van der Waals surface area contributed by atoms with Crippen molar-refractivity contribution >= 4 is 34.8 Å². The lowest BCUT2D eigenvalue weighted by molar-refractivity contribution is -0.119. The third-order valence-corrected chi connectivity index (χ3v) is 3.45. The second-order valence-electron chi connectivity index (χ2n) is 4.31. The highest BCUT2D eigenvalue weighted by Gasteiger charge is 2.31. The van der Waals surface area contributed by atoms with Crippen molar-refractivity contribution in [2.75, 3.05) is 7.11 Å². The van der Waals surface area contributed by atoms with Gasteiger partial charge in [0, 0.05) is 11.5 Å². The molecule has 0 radical (unpaired) electrons. The average molecular weight is 287 g/mol. The van der Waals surface area contributed by atoms with Crippen molar-refractivity contribution in [2.24, 2.45) is 5.92 Å². The first-order chi connectivity index (χ1) is 8.52. The summed E-state index contributed by atoms with van der Waals surface area (Å²) in [5.41, 5.74) is 0.347. The van der Waals surface area contributed by atoms with Gasteiger partial charge in [-0.2, -0.15) is 0 Å². The van der Waals surface area contributed by atoms with E-state index in [9.17, 15) is 9.59 Å². The second kappa shape index (κ2) is 5.29. The molecule has 18 heavy (non-hydrogen) atoms. The van der Waals surface area contributed by atoms with Crippen molar-refractivity contribution in [1.82, 2.24) is 0 Å². The Kier molecular flexibility index (Phi) is 3.93. The molecule has 0 unspecified atom stereocenters. The molecular formula is C13H12Cl2O3. The molecule has 0 amide bonds. The Labute approximate surface area is 115 Å². The SMILES string of the molecule is COc1c(Cl)cc(C(=O)CC(=O)C2CC2)cc1Cl. The third-order valence-electron chi connectivity index (χ3n) is 2.89. The fourth-order valence-corrected chi connectivity index (χ4v) is 2.37. The number of hydrogen-bond donors (Lipinski definition) is 0. The van der Waals surface area contributed by atoms with Gasteiger partial charge < -0.3 is 4.74 Å².